The van der Waals surface area contributed by atoms with E-state index in [9.17, 15) is 97.0 Å². The Morgan fingerprint density at radius 1 is 0.389 bits per heavy atom. The van der Waals surface area contributed by atoms with Crippen molar-refractivity contribution in [1.29, 1.82) is 0 Å². The molecule has 0 saturated heterocycles. The minimum atomic E-state index is -9.17. The summed E-state index contributed by atoms with van der Waals surface area (Å²) in [6, 6.07) is 0. The first kappa shape index (κ1) is 34.2. The summed E-state index contributed by atoms with van der Waals surface area (Å²) < 4.78 is 275. The van der Waals surface area contributed by atoms with E-state index < -0.39 is 78.7 Å². The molecule has 0 fully saturated rings. The topological polar surface area (TPSA) is 17.1 Å². The number of hydrogen-bond acceptors (Lipinski definition) is 1. The molecule has 0 aliphatic rings. The summed E-state index contributed by atoms with van der Waals surface area (Å²) in [5.74, 6) is -76.8. The monoisotopic (exact) mass is 590 g/mol. The number of unbranched alkanes of at least 4 members (excludes halogenated alkanes) is 1. The van der Waals surface area contributed by atoms with E-state index in [2.05, 4.69) is 0 Å². The maximum absolute atomic E-state index is 13.5. The van der Waals surface area contributed by atoms with Crippen LogP contribution in [0, 0.1) is 0 Å². The van der Waals surface area contributed by atoms with Crippen molar-refractivity contribution < 1.29 is 97.0 Å². The van der Waals surface area contributed by atoms with E-state index >= 15 is 0 Å². The first-order valence-corrected chi connectivity index (χ1v) is 8.22. The van der Waals surface area contributed by atoms with Gasteiger partial charge < -0.3 is 4.79 Å². The maximum Gasteiger partial charge on any atom is 0.460 e. The SMILES string of the molecule is O=CCCCC(F)(F)C(F)(F)C(F)(F)C(F)(F)C(F)(F)C(F)(F)C(F)(F)C(F)(F)C(F)(F)C(F)(F)F. The summed E-state index contributed by atoms with van der Waals surface area (Å²) in [7, 11) is 0. The van der Waals surface area contributed by atoms with Crippen molar-refractivity contribution >= 4 is 6.29 Å². The van der Waals surface area contributed by atoms with Gasteiger partial charge in [-0.25, -0.2) is 0 Å². The molecule has 0 bridgehead atoms. The van der Waals surface area contributed by atoms with Gasteiger partial charge in [-0.1, -0.05) is 0 Å². The first-order chi connectivity index (χ1) is 15.3. The first-order valence-electron chi connectivity index (χ1n) is 8.22. The van der Waals surface area contributed by atoms with Crippen molar-refractivity contribution in [2.45, 2.75) is 78.7 Å². The van der Waals surface area contributed by atoms with E-state index in [0.29, 0.717) is 0 Å². The number of aldehydes is 1. The van der Waals surface area contributed by atoms with Crippen molar-refractivity contribution in [3.63, 3.8) is 0 Å². The standard InChI is InChI=1S/C14H7F21O/c15-5(16,3-1-2-4-36)6(17,18)7(19,20)8(21,22)9(23,24)10(25,26)11(27,28)12(29,30)13(31,32)14(33,34)35/h4H,1-3H2. The summed E-state index contributed by atoms with van der Waals surface area (Å²) in [6.07, 6.45) is -13.9. The Balaban J connectivity index is 6.92. The number of rotatable bonds is 12. The molecule has 0 aliphatic carbocycles. The van der Waals surface area contributed by atoms with Crippen LogP contribution < -0.4 is 0 Å². The number of alkyl halides is 21. The third kappa shape index (κ3) is 4.32. The van der Waals surface area contributed by atoms with Crippen LogP contribution >= 0.6 is 0 Å². The summed E-state index contributed by atoms with van der Waals surface area (Å²) in [6.45, 7) is 0. The molecule has 0 radical (unpaired) electrons. The smallest absolute Gasteiger partial charge is 0.303 e. The van der Waals surface area contributed by atoms with Crippen LogP contribution in [0.25, 0.3) is 0 Å². The lowest BCUT2D eigenvalue weighted by atomic mass is 9.85. The van der Waals surface area contributed by atoms with Crippen molar-refractivity contribution in [2.24, 2.45) is 0 Å². The number of halogens is 21. The van der Waals surface area contributed by atoms with Crippen molar-refractivity contribution in [2.75, 3.05) is 0 Å². The molecule has 0 atom stereocenters. The molecule has 0 aromatic carbocycles. The fourth-order valence-electron chi connectivity index (χ4n) is 2.16. The second kappa shape index (κ2) is 8.90. The van der Waals surface area contributed by atoms with Crippen LogP contribution in [-0.2, 0) is 4.79 Å². The minimum Gasteiger partial charge on any atom is -0.303 e. The largest absolute Gasteiger partial charge is 0.460 e. The van der Waals surface area contributed by atoms with Crippen LogP contribution in [-0.4, -0.2) is 65.8 Å². The second-order valence-corrected chi connectivity index (χ2v) is 6.86. The van der Waals surface area contributed by atoms with Gasteiger partial charge in [-0.05, 0) is 6.42 Å². The Labute approximate surface area is 183 Å². The van der Waals surface area contributed by atoms with Gasteiger partial charge in [0.1, 0.15) is 6.29 Å². The molecule has 1 nitrogen and oxygen atoms in total. The van der Waals surface area contributed by atoms with E-state index in [-0.39, 0.29) is 6.29 Å². The van der Waals surface area contributed by atoms with Crippen LogP contribution in [0.5, 0.6) is 0 Å². The van der Waals surface area contributed by atoms with Gasteiger partial charge in [0, 0.05) is 12.8 Å². The number of hydrogen-bond donors (Lipinski definition) is 0. The highest BCUT2D eigenvalue weighted by atomic mass is 19.4. The van der Waals surface area contributed by atoms with E-state index in [1.807, 2.05) is 0 Å². The highest BCUT2D eigenvalue weighted by Gasteiger charge is 2.97. The second-order valence-electron chi connectivity index (χ2n) is 6.86. The fourth-order valence-corrected chi connectivity index (χ4v) is 2.16. The molecule has 0 aromatic rings. The zero-order valence-electron chi connectivity index (χ0n) is 16.0. The summed E-state index contributed by atoms with van der Waals surface area (Å²) in [5.41, 5.74) is 0. The van der Waals surface area contributed by atoms with E-state index in [0.717, 1.165) is 0 Å². The Bertz CT molecular complexity index is 791. The van der Waals surface area contributed by atoms with Gasteiger partial charge >= 0.3 is 59.5 Å². The molecule has 0 aromatic heterocycles. The summed E-state index contributed by atoms with van der Waals surface area (Å²) in [4.78, 5) is 9.91. The van der Waals surface area contributed by atoms with Crippen LogP contribution in [0.15, 0.2) is 0 Å². The molecule has 216 valence electrons. The normalized spacial score (nSPS) is 16.4. The van der Waals surface area contributed by atoms with Gasteiger partial charge in [0.2, 0.25) is 0 Å². The molecule has 0 amide bonds. The Kier molecular flexibility index (Phi) is 8.45. The number of carbonyl (C=O) groups excluding carboxylic acids is 1. The van der Waals surface area contributed by atoms with E-state index in [1.54, 1.807) is 0 Å². The molecule has 0 N–H and O–H groups in total. The van der Waals surface area contributed by atoms with Crippen LogP contribution in [0.4, 0.5) is 92.2 Å². The Morgan fingerprint density at radius 3 is 0.889 bits per heavy atom. The molecular weight excluding hydrogens is 583 g/mol. The lowest BCUT2D eigenvalue weighted by Gasteiger charge is -2.44. The van der Waals surface area contributed by atoms with Gasteiger partial charge in [0.05, 0.1) is 0 Å². The van der Waals surface area contributed by atoms with E-state index in [1.165, 1.54) is 0 Å². The number of carbonyl (C=O) groups is 1. The van der Waals surface area contributed by atoms with Gasteiger partial charge in [-0.15, -0.1) is 0 Å². The summed E-state index contributed by atoms with van der Waals surface area (Å²) >= 11 is 0. The minimum absolute atomic E-state index is 0.353. The molecule has 22 heteroatoms. The molecule has 0 unspecified atom stereocenters. The molecule has 0 spiro atoms. The van der Waals surface area contributed by atoms with Gasteiger partial charge in [0.25, 0.3) is 0 Å². The summed E-state index contributed by atoms with van der Waals surface area (Å²) in [5, 5.41) is 0. The third-order valence-electron chi connectivity index (χ3n) is 4.39. The average Bonchev–Trinajstić information content (AvgIpc) is 2.65. The molecule has 0 heterocycles. The highest BCUT2D eigenvalue weighted by Crippen LogP contribution is 2.66. The Morgan fingerprint density at radius 2 is 0.639 bits per heavy atom. The lowest BCUT2D eigenvalue weighted by molar-refractivity contribution is -0.474. The zero-order chi connectivity index (χ0) is 29.8. The van der Waals surface area contributed by atoms with Crippen molar-refractivity contribution in [3.8, 4) is 0 Å². The van der Waals surface area contributed by atoms with Gasteiger partial charge in [-0.2, -0.15) is 92.2 Å². The fraction of sp³-hybridized carbons (Fsp3) is 0.929. The predicted octanol–water partition coefficient (Wildman–Crippen LogP) is 7.64. The van der Waals surface area contributed by atoms with Gasteiger partial charge in [0.15, 0.2) is 0 Å². The van der Waals surface area contributed by atoms with Crippen LogP contribution in [0.3, 0.4) is 0 Å². The molecule has 0 aliphatic heterocycles. The van der Waals surface area contributed by atoms with E-state index in [4.69, 9.17) is 0 Å². The molecule has 0 saturated carbocycles. The molecular formula is C14H7F21O. The highest BCUT2D eigenvalue weighted by molar-refractivity contribution is 5.49. The average molecular weight is 590 g/mol. The van der Waals surface area contributed by atoms with Crippen LogP contribution in [0.1, 0.15) is 19.3 Å². The van der Waals surface area contributed by atoms with Crippen molar-refractivity contribution in [3.05, 3.63) is 0 Å². The van der Waals surface area contributed by atoms with Crippen molar-refractivity contribution in [1.82, 2.24) is 0 Å². The quantitative estimate of drug-likeness (QED) is 0.130. The molecule has 36 heavy (non-hydrogen) atoms. The zero-order valence-corrected chi connectivity index (χ0v) is 16.0. The van der Waals surface area contributed by atoms with Gasteiger partial charge in [-0.3, -0.25) is 0 Å². The predicted molar refractivity (Wildman–Crippen MR) is 70.5 cm³/mol. The van der Waals surface area contributed by atoms with Crippen LogP contribution in [0.2, 0.25) is 0 Å². The third-order valence-corrected chi connectivity index (χ3v) is 4.39. The Hall–Kier alpha value is -1.80. The molecule has 0 rings (SSSR count). The maximum atomic E-state index is 13.5. The lowest BCUT2D eigenvalue weighted by Crippen LogP contribution is -2.76.